The molecule has 4 nitrogen and oxygen atoms in total. The Morgan fingerprint density at radius 1 is 0.913 bits per heavy atom. The van der Waals surface area contributed by atoms with Crippen LogP contribution in [0.15, 0.2) is 24.3 Å². The van der Waals surface area contributed by atoms with Gasteiger partial charge in [0, 0.05) is 24.4 Å². The van der Waals surface area contributed by atoms with Crippen LogP contribution in [0.1, 0.15) is 11.6 Å². The Morgan fingerprint density at radius 2 is 1.39 bits per heavy atom. The minimum absolute atomic E-state index is 0.0379. The highest BCUT2D eigenvalue weighted by Gasteiger charge is 2.42. The van der Waals surface area contributed by atoms with Crippen LogP contribution in [-0.2, 0) is 0 Å². The molecule has 3 rings (SSSR count). The predicted octanol–water partition coefficient (Wildman–Crippen LogP) is 3.85. The summed E-state index contributed by atoms with van der Waals surface area (Å²) in [7, 11) is 0. The number of halogens is 5. The molecule has 0 bridgehead atoms. The zero-order valence-electron chi connectivity index (χ0n) is 11.2. The van der Waals surface area contributed by atoms with Gasteiger partial charge in [0.1, 0.15) is 0 Å². The maximum Gasteiger partial charge on any atom is 0.269 e. The van der Waals surface area contributed by atoms with Crippen LogP contribution in [0.4, 0.5) is 33.3 Å². The molecule has 2 aromatic rings. The van der Waals surface area contributed by atoms with Gasteiger partial charge in [-0.2, -0.15) is 0 Å². The second-order valence-electron chi connectivity index (χ2n) is 4.93. The molecule has 0 aliphatic carbocycles. The fraction of sp³-hybridized carbons (Fsp3) is 0.143. The fourth-order valence-corrected chi connectivity index (χ4v) is 2.35. The zero-order valence-corrected chi connectivity index (χ0v) is 11.2. The first-order valence-electron chi connectivity index (χ1n) is 6.35. The smallest absolute Gasteiger partial charge is 0.269 e. The fourth-order valence-electron chi connectivity index (χ4n) is 2.35. The number of benzene rings is 2. The average Bonchev–Trinajstić information content (AvgIpc) is 3.31. The van der Waals surface area contributed by atoms with Gasteiger partial charge >= 0.3 is 0 Å². The molecule has 1 atom stereocenters. The molecule has 1 heterocycles. The number of nitrogens with zero attached hydrogens (tertiary/aromatic N) is 2. The second kappa shape index (κ2) is 5.18. The summed E-state index contributed by atoms with van der Waals surface area (Å²) in [5.41, 5.74) is -0.701. The molecule has 0 saturated carbocycles. The molecule has 0 spiro atoms. The lowest BCUT2D eigenvalue weighted by atomic mass is 10.1. The van der Waals surface area contributed by atoms with Crippen molar-refractivity contribution in [3.63, 3.8) is 0 Å². The van der Waals surface area contributed by atoms with E-state index in [0.717, 1.165) is 0 Å². The molecule has 1 fully saturated rings. The molecule has 0 N–H and O–H groups in total. The van der Waals surface area contributed by atoms with E-state index < -0.39 is 45.6 Å². The monoisotopic (exact) mass is 330 g/mol. The number of hydrogen-bond donors (Lipinski definition) is 0. The van der Waals surface area contributed by atoms with E-state index in [9.17, 15) is 32.1 Å². The lowest BCUT2D eigenvalue weighted by Crippen LogP contribution is -2.08. The van der Waals surface area contributed by atoms with Gasteiger partial charge in [0.2, 0.25) is 5.82 Å². The SMILES string of the molecule is O=[N+]([O-])c1ccc(N2CC2c2c(F)c(F)c(F)c(F)c2F)cc1. The van der Waals surface area contributed by atoms with Gasteiger partial charge < -0.3 is 4.90 Å². The van der Waals surface area contributed by atoms with Crippen LogP contribution in [0, 0.1) is 39.2 Å². The summed E-state index contributed by atoms with van der Waals surface area (Å²) >= 11 is 0. The number of rotatable bonds is 3. The molecule has 2 aromatic carbocycles. The molecule has 1 unspecified atom stereocenters. The van der Waals surface area contributed by atoms with E-state index in [2.05, 4.69) is 0 Å². The molecule has 0 amide bonds. The van der Waals surface area contributed by atoms with Crippen LogP contribution in [0.25, 0.3) is 0 Å². The third-order valence-electron chi connectivity index (χ3n) is 3.58. The lowest BCUT2D eigenvalue weighted by molar-refractivity contribution is -0.384. The number of anilines is 1. The van der Waals surface area contributed by atoms with Gasteiger partial charge in [-0.05, 0) is 12.1 Å². The van der Waals surface area contributed by atoms with Gasteiger partial charge in [0.15, 0.2) is 23.3 Å². The van der Waals surface area contributed by atoms with E-state index in [0.29, 0.717) is 5.69 Å². The van der Waals surface area contributed by atoms with E-state index >= 15 is 0 Å². The van der Waals surface area contributed by atoms with Crippen LogP contribution in [-0.4, -0.2) is 11.5 Å². The summed E-state index contributed by atoms with van der Waals surface area (Å²) in [4.78, 5) is 11.3. The minimum atomic E-state index is -2.20. The van der Waals surface area contributed by atoms with E-state index in [1.54, 1.807) is 0 Å². The first-order chi connectivity index (χ1) is 10.8. The first kappa shape index (κ1) is 15.2. The quantitative estimate of drug-likeness (QED) is 0.214. The van der Waals surface area contributed by atoms with Gasteiger partial charge in [-0.15, -0.1) is 0 Å². The molecular formula is C14H7F5N2O2. The van der Waals surface area contributed by atoms with Crippen molar-refractivity contribution in [2.75, 3.05) is 11.4 Å². The Bertz CT molecular complexity index is 781. The van der Waals surface area contributed by atoms with Gasteiger partial charge in [-0.3, -0.25) is 10.1 Å². The van der Waals surface area contributed by atoms with Crippen LogP contribution < -0.4 is 4.90 Å². The highest BCUT2D eigenvalue weighted by atomic mass is 19.2. The van der Waals surface area contributed by atoms with Crippen molar-refractivity contribution in [1.29, 1.82) is 0 Å². The van der Waals surface area contributed by atoms with E-state index in [1.165, 1.54) is 29.2 Å². The van der Waals surface area contributed by atoms with Crippen LogP contribution >= 0.6 is 0 Å². The Kier molecular flexibility index (Phi) is 3.42. The Balaban J connectivity index is 1.93. The van der Waals surface area contributed by atoms with E-state index in [-0.39, 0.29) is 12.2 Å². The number of non-ortho nitro benzene ring substituents is 1. The summed E-state index contributed by atoms with van der Waals surface area (Å²) < 4.78 is 66.9. The number of nitro groups is 1. The van der Waals surface area contributed by atoms with Crippen molar-refractivity contribution in [2.24, 2.45) is 0 Å². The van der Waals surface area contributed by atoms with Crippen molar-refractivity contribution < 1.29 is 26.9 Å². The molecular weight excluding hydrogens is 323 g/mol. The van der Waals surface area contributed by atoms with E-state index in [4.69, 9.17) is 0 Å². The Morgan fingerprint density at radius 3 is 1.87 bits per heavy atom. The molecule has 1 saturated heterocycles. The van der Waals surface area contributed by atoms with Gasteiger partial charge in [0.25, 0.3) is 5.69 Å². The number of nitro benzene ring substituents is 1. The molecule has 120 valence electrons. The van der Waals surface area contributed by atoms with Crippen molar-refractivity contribution in [3.8, 4) is 0 Å². The largest absolute Gasteiger partial charge is 0.360 e. The van der Waals surface area contributed by atoms with Gasteiger partial charge in [-0.25, -0.2) is 22.0 Å². The van der Waals surface area contributed by atoms with Crippen LogP contribution in [0.5, 0.6) is 0 Å². The third kappa shape index (κ3) is 2.37. The third-order valence-corrected chi connectivity index (χ3v) is 3.58. The standard InChI is InChI=1S/C14H7F5N2O2/c15-10-9(11(16)13(18)14(19)12(10)17)8-5-20(8)6-1-3-7(4-2-6)21(22)23/h1-4,8H,5H2. The van der Waals surface area contributed by atoms with Crippen molar-refractivity contribution >= 4 is 11.4 Å². The number of hydrogen-bond acceptors (Lipinski definition) is 3. The van der Waals surface area contributed by atoms with Crippen LogP contribution in [0.2, 0.25) is 0 Å². The summed E-state index contributed by atoms with van der Waals surface area (Å²) in [6.07, 6.45) is 0. The maximum atomic E-state index is 13.7. The first-order valence-corrected chi connectivity index (χ1v) is 6.35. The Hall–Kier alpha value is -2.71. The molecule has 0 radical (unpaired) electrons. The molecule has 23 heavy (non-hydrogen) atoms. The maximum absolute atomic E-state index is 13.7. The highest BCUT2D eigenvalue weighted by molar-refractivity contribution is 5.59. The molecule has 1 aliphatic heterocycles. The van der Waals surface area contributed by atoms with Gasteiger partial charge in [-0.1, -0.05) is 0 Å². The van der Waals surface area contributed by atoms with E-state index in [1.807, 2.05) is 0 Å². The van der Waals surface area contributed by atoms with Crippen molar-refractivity contribution in [2.45, 2.75) is 6.04 Å². The van der Waals surface area contributed by atoms with Crippen molar-refractivity contribution in [3.05, 3.63) is 69.0 Å². The summed E-state index contributed by atoms with van der Waals surface area (Å²) in [6, 6.07) is 4.03. The summed E-state index contributed by atoms with van der Waals surface area (Å²) in [5.74, 6) is -9.91. The zero-order chi connectivity index (χ0) is 16.9. The molecule has 1 aliphatic rings. The second-order valence-corrected chi connectivity index (χ2v) is 4.93. The summed E-state index contributed by atoms with van der Waals surface area (Å²) in [6.45, 7) is 0.0379. The molecule has 9 heteroatoms. The lowest BCUT2D eigenvalue weighted by Gasteiger charge is -2.09. The minimum Gasteiger partial charge on any atom is -0.360 e. The summed E-state index contributed by atoms with van der Waals surface area (Å²) in [5, 5.41) is 10.6. The normalized spacial score (nSPS) is 16.6. The van der Waals surface area contributed by atoms with Gasteiger partial charge in [0.05, 0.1) is 16.5 Å². The topological polar surface area (TPSA) is 46.1 Å². The van der Waals surface area contributed by atoms with Crippen molar-refractivity contribution in [1.82, 2.24) is 0 Å². The highest BCUT2D eigenvalue weighted by Crippen LogP contribution is 2.43. The predicted molar refractivity (Wildman–Crippen MR) is 69.4 cm³/mol. The van der Waals surface area contributed by atoms with Crippen LogP contribution in [0.3, 0.4) is 0 Å². The Labute approximate surface area is 125 Å². The molecule has 0 aromatic heterocycles. The average molecular weight is 330 g/mol.